The van der Waals surface area contributed by atoms with Crippen LogP contribution in [0.25, 0.3) is 0 Å². The normalized spacial score (nSPS) is 10.0. The summed E-state index contributed by atoms with van der Waals surface area (Å²) in [6.07, 6.45) is 3.07. The van der Waals surface area contributed by atoms with Crippen molar-refractivity contribution >= 4 is 5.91 Å². The van der Waals surface area contributed by atoms with Crippen LogP contribution in [0.2, 0.25) is 0 Å². The highest BCUT2D eigenvalue weighted by atomic mass is 16.1. The van der Waals surface area contributed by atoms with Gasteiger partial charge in [-0.1, -0.05) is 0 Å². The maximum absolute atomic E-state index is 11.4. The van der Waals surface area contributed by atoms with E-state index in [0.717, 1.165) is 0 Å². The molecular formula is C7H8N6O. The zero-order valence-corrected chi connectivity index (χ0v) is 7.19. The first-order chi connectivity index (χ1) is 6.86. The van der Waals surface area contributed by atoms with E-state index in [1.165, 1.54) is 6.20 Å². The van der Waals surface area contributed by atoms with E-state index in [-0.39, 0.29) is 5.91 Å². The van der Waals surface area contributed by atoms with Gasteiger partial charge in [-0.2, -0.15) is 20.5 Å². The van der Waals surface area contributed by atoms with Gasteiger partial charge < -0.3 is 5.32 Å². The molecule has 0 bridgehead atoms. The predicted octanol–water partition coefficient (Wildman–Crippen LogP) is -0.542. The van der Waals surface area contributed by atoms with Gasteiger partial charge in [0.1, 0.15) is 11.4 Å². The Morgan fingerprint density at radius 2 is 2.43 bits per heavy atom. The van der Waals surface area contributed by atoms with E-state index in [9.17, 15) is 4.79 Å². The van der Waals surface area contributed by atoms with Gasteiger partial charge >= 0.3 is 0 Å². The fourth-order valence-corrected chi connectivity index (χ4v) is 0.959. The second-order valence-corrected chi connectivity index (χ2v) is 2.61. The third-order valence-corrected chi connectivity index (χ3v) is 1.64. The first kappa shape index (κ1) is 8.42. The summed E-state index contributed by atoms with van der Waals surface area (Å²) in [4.78, 5) is 11.4. The number of carbonyl (C=O) groups is 1. The lowest BCUT2D eigenvalue weighted by Gasteiger charge is -1.98. The number of H-pyrrole nitrogens is 2. The Hall–Kier alpha value is -2.18. The summed E-state index contributed by atoms with van der Waals surface area (Å²) in [6.45, 7) is 0.342. The number of carbonyl (C=O) groups excluding carboxylic acids is 1. The molecule has 0 radical (unpaired) electrons. The maximum atomic E-state index is 11.4. The molecular weight excluding hydrogens is 184 g/mol. The van der Waals surface area contributed by atoms with Crippen molar-refractivity contribution in [1.82, 2.24) is 30.9 Å². The minimum absolute atomic E-state index is 0.217. The molecule has 0 spiro atoms. The summed E-state index contributed by atoms with van der Waals surface area (Å²) in [6, 6.07) is 1.60. The van der Waals surface area contributed by atoms with Gasteiger partial charge in [-0.15, -0.1) is 0 Å². The number of hydrogen-bond donors (Lipinski definition) is 3. The Kier molecular flexibility index (Phi) is 2.22. The van der Waals surface area contributed by atoms with Crippen molar-refractivity contribution in [3.8, 4) is 0 Å². The molecule has 3 N–H and O–H groups in total. The van der Waals surface area contributed by atoms with Crippen LogP contribution in [0.5, 0.6) is 0 Å². The summed E-state index contributed by atoms with van der Waals surface area (Å²) in [5.74, 6) is -0.217. The zero-order chi connectivity index (χ0) is 9.80. The van der Waals surface area contributed by atoms with Crippen LogP contribution in [0, 0.1) is 0 Å². The molecule has 7 nitrogen and oxygen atoms in total. The molecule has 2 heterocycles. The number of aromatic amines is 2. The van der Waals surface area contributed by atoms with Gasteiger partial charge in [0, 0.05) is 6.20 Å². The zero-order valence-electron chi connectivity index (χ0n) is 7.19. The van der Waals surface area contributed by atoms with Gasteiger partial charge in [-0.25, -0.2) is 0 Å². The first-order valence-electron chi connectivity index (χ1n) is 3.98. The van der Waals surface area contributed by atoms with E-state index >= 15 is 0 Å². The topological polar surface area (TPSA) is 99.3 Å². The van der Waals surface area contributed by atoms with Crippen molar-refractivity contribution in [2.24, 2.45) is 0 Å². The minimum atomic E-state index is -0.217. The molecule has 2 rings (SSSR count). The predicted molar refractivity (Wildman–Crippen MR) is 46.1 cm³/mol. The average molecular weight is 192 g/mol. The Labute approximate surface area is 78.9 Å². The van der Waals surface area contributed by atoms with Gasteiger partial charge in [-0.05, 0) is 6.07 Å². The van der Waals surface area contributed by atoms with Gasteiger partial charge in [0.25, 0.3) is 5.91 Å². The van der Waals surface area contributed by atoms with Crippen LogP contribution in [0.3, 0.4) is 0 Å². The molecule has 72 valence electrons. The van der Waals surface area contributed by atoms with Gasteiger partial charge in [0.2, 0.25) is 0 Å². The molecule has 0 aliphatic carbocycles. The second kappa shape index (κ2) is 3.69. The van der Waals surface area contributed by atoms with Gasteiger partial charge in [0.15, 0.2) is 0 Å². The van der Waals surface area contributed by atoms with Crippen molar-refractivity contribution in [2.45, 2.75) is 6.54 Å². The summed E-state index contributed by atoms with van der Waals surface area (Å²) < 4.78 is 0. The van der Waals surface area contributed by atoms with E-state index in [2.05, 4.69) is 30.9 Å². The number of nitrogens with one attached hydrogen (secondary N) is 3. The van der Waals surface area contributed by atoms with E-state index in [1.807, 2.05) is 0 Å². The largest absolute Gasteiger partial charge is 0.345 e. The highest BCUT2D eigenvalue weighted by molar-refractivity contribution is 5.91. The van der Waals surface area contributed by atoms with Crippen LogP contribution in [-0.4, -0.2) is 31.5 Å². The summed E-state index contributed by atoms with van der Waals surface area (Å²) >= 11 is 0. The molecule has 0 saturated heterocycles. The third-order valence-electron chi connectivity index (χ3n) is 1.64. The first-order valence-corrected chi connectivity index (χ1v) is 3.98. The van der Waals surface area contributed by atoms with Gasteiger partial charge in [-0.3, -0.25) is 9.89 Å². The molecule has 2 aromatic heterocycles. The van der Waals surface area contributed by atoms with Crippen molar-refractivity contribution < 1.29 is 4.79 Å². The Morgan fingerprint density at radius 1 is 1.50 bits per heavy atom. The highest BCUT2D eigenvalue weighted by Gasteiger charge is 2.06. The molecule has 0 atom stereocenters. The molecule has 1 amide bonds. The molecule has 7 heteroatoms. The van der Waals surface area contributed by atoms with Crippen molar-refractivity contribution in [3.63, 3.8) is 0 Å². The Bertz CT molecular complexity index is 392. The quantitative estimate of drug-likeness (QED) is 0.608. The van der Waals surface area contributed by atoms with Crippen LogP contribution in [0.15, 0.2) is 18.5 Å². The molecule has 0 saturated carbocycles. The number of nitrogens with zero attached hydrogens (tertiary/aromatic N) is 3. The second-order valence-electron chi connectivity index (χ2n) is 2.61. The molecule has 0 unspecified atom stereocenters. The standard InChI is InChI=1S/C7H8N6O/c14-7(6-1-2-9-12-6)8-3-5-4-10-13-11-5/h1-2,4H,3H2,(H,8,14)(H,9,12)(H,10,11,13). The molecule has 0 aliphatic heterocycles. The van der Waals surface area contributed by atoms with Crippen LogP contribution in [0.1, 0.15) is 16.2 Å². The van der Waals surface area contributed by atoms with E-state index < -0.39 is 0 Å². The molecule has 0 aliphatic rings. The summed E-state index contributed by atoms with van der Waals surface area (Å²) in [7, 11) is 0. The fraction of sp³-hybridized carbons (Fsp3) is 0.143. The Balaban J connectivity index is 1.90. The maximum Gasteiger partial charge on any atom is 0.269 e. The van der Waals surface area contributed by atoms with Gasteiger partial charge in [0.05, 0.1) is 12.7 Å². The van der Waals surface area contributed by atoms with Crippen LogP contribution >= 0.6 is 0 Å². The summed E-state index contributed by atoms with van der Waals surface area (Å²) in [5, 5.41) is 18.7. The number of hydrogen-bond acceptors (Lipinski definition) is 4. The van der Waals surface area contributed by atoms with Crippen LogP contribution in [-0.2, 0) is 6.54 Å². The number of aromatic nitrogens is 5. The van der Waals surface area contributed by atoms with Crippen LogP contribution in [0.4, 0.5) is 0 Å². The van der Waals surface area contributed by atoms with E-state index in [1.54, 1.807) is 12.3 Å². The van der Waals surface area contributed by atoms with Crippen molar-refractivity contribution in [3.05, 3.63) is 29.8 Å². The fourth-order valence-electron chi connectivity index (χ4n) is 0.959. The summed E-state index contributed by atoms with van der Waals surface area (Å²) in [5.41, 5.74) is 1.10. The minimum Gasteiger partial charge on any atom is -0.345 e. The van der Waals surface area contributed by atoms with Crippen LogP contribution < -0.4 is 5.32 Å². The van der Waals surface area contributed by atoms with Crippen molar-refractivity contribution in [2.75, 3.05) is 0 Å². The molecule has 0 fully saturated rings. The van der Waals surface area contributed by atoms with E-state index in [4.69, 9.17) is 0 Å². The smallest absolute Gasteiger partial charge is 0.269 e. The molecule has 14 heavy (non-hydrogen) atoms. The number of amides is 1. The monoisotopic (exact) mass is 192 g/mol. The lowest BCUT2D eigenvalue weighted by atomic mass is 10.4. The lowest BCUT2D eigenvalue weighted by molar-refractivity contribution is 0.0945. The van der Waals surface area contributed by atoms with E-state index in [0.29, 0.717) is 17.9 Å². The lowest BCUT2D eigenvalue weighted by Crippen LogP contribution is -2.23. The number of rotatable bonds is 3. The molecule has 0 aromatic carbocycles. The SMILES string of the molecule is O=C(NCc1cn[nH]n1)c1ccn[nH]1. The van der Waals surface area contributed by atoms with Crippen molar-refractivity contribution in [1.29, 1.82) is 0 Å². The highest BCUT2D eigenvalue weighted by Crippen LogP contribution is 1.93. The molecule has 2 aromatic rings. The third kappa shape index (κ3) is 1.76. The average Bonchev–Trinajstić information content (AvgIpc) is 2.87. The Morgan fingerprint density at radius 3 is 3.07 bits per heavy atom.